The third-order valence-electron chi connectivity index (χ3n) is 5.61. The highest BCUT2D eigenvalue weighted by Gasteiger charge is 2.23. The topological polar surface area (TPSA) is 69.7 Å². The van der Waals surface area contributed by atoms with Gasteiger partial charge in [0.1, 0.15) is 0 Å². The third-order valence-corrected chi connectivity index (χ3v) is 5.61. The lowest BCUT2D eigenvalue weighted by Crippen LogP contribution is -2.34. The lowest BCUT2D eigenvalue weighted by Gasteiger charge is -2.27. The molecule has 2 aromatic carbocycles. The number of nitrogens with one attached hydrogen (secondary N) is 1. The van der Waals surface area contributed by atoms with Crippen molar-refractivity contribution in [1.82, 2.24) is 10.2 Å². The molecule has 0 fully saturated rings. The second-order valence-electron chi connectivity index (χ2n) is 7.76. The molecular formula is C26H25N3O3. The zero-order valence-electron chi connectivity index (χ0n) is 17.8. The smallest absolute Gasteiger partial charge is 0.253 e. The molecule has 0 aromatic heterocycles. The highest BCUT2D eigenvalue weighted by Crippen LogP contribution is 2.29. The summed E-state index contributed by atoms with van der Waals surface area (Å²) in [5.41, 5.74) is 4.78. The van der Waals surface area contributed by atoms with Gasteiger partial charge in [0.05, 0.1) is 12.2 Å². The maximum absolute atomic E-state index is 13.2. The van der Waals surface area contributed by atoms with Crippen LogP contribution in [-0.4, -0.2) is 35.7 Å². The summed E-state index contributed by atoms with van der Waals surface area (Å²) in [5.74, 6) is -0.594. The van der Waals surface area contributed by atoms with Gasteiger partial charge in [0.25, 0.3) is 11.8 Å². The summed E-state index contributed by atoms with van der Waals surface area (Å²) in [4.78, 5) is 39.5. The number of fused-ring (bicyclic) bond motifs is 2. The highest BCUT2D eigenvalue weighted by molar-refractivity contribution is 6.12. The van der Waals surface area contributed by atoms with Crippen molar-refractivity contribution in [3.63, 3.8) is 0 Å². The molecule has 2 heterocycles. The van der Waals surface area contributed by atoms with Gasteiger partial charge < -0.3 is 10.2 Å². The summed E-state index contributed by atoms with van der Waals surface area (Å²) in [6, 6.07) is 16.0. The first kappa shape index (κ1) is 21.3. The molecule has 4 rings (SSSR count). The van der Waals surface area contributed by atoms with E-state index in [1.807, 2.05) is 53.4 Å². The highest BCUT2D eigenvalue weighted by atomic mass is 16.2. The third kappa shape index (κ3) is 4.70. The molecule has 1 N–H and O–H groups in total. The Hall–Kier alpha value is -3.93. The first-order valence-electron chi connectivity index (χ1n) is 10.6. The summed E-state index contributed by atoms with van der Waals surface area (Å²) >= 11 is 0. The summed E-state index contributed by atoms with van der Waals surface area (Å²) in [6.07, 6.45) is 7.41. The monoisotopic (exact) mass is 427 g/mol. The van der Waals surface area contributed by atoms with E-state index >= 15 is 0 Å². The van der Waals surface area contributed by atoms with Gasteiger partial charge in [-0.25, -0.2) is 0 Å². The van der Waals surface area contributed by atoms with Crippen LogP contribution >= 0.6 is 0 Å². The normalized spacial score (nSPS) is 15.6. The number of carbonyl (C=O) groups is 3. The lowest BCUT2D eigenvalue weighted by molar-refractivity contribution is -0.136. The van der Waals surface area contributed by atoms with Crippen LogP contribution < -0.4 is 10.2 Å². The average Bonchev–Trinajstić information content (AvgIpc) is 3.11. The molecule has 0 unspecified atom stereocenters. The fourth-order valence-electron chi connectivity index (χ4n) is 3.84. The van der Waals surface area contributed by atoms with E-state index in [1.165, 1.54) is 17.1 Å². The predicted octanol–water partition coefficient (Wildman–Crippen LogP) is 3.51. The van der Waals surface area contributed by atoms with Crippen molar-refractivity contribution in [3.8, 4) is 0 Å². The van der Waals surface area contributed by atoms with Crippen LogP contribution in [0.4, 0.5) is 5.69 Å². The number of amides is 3. The zero-order valence-corrected chi connectivity index (χ0v) is 17.8. The van der Waals surface area contributed by atoms with Crippen LogP contribution in [0.15, 0.2) is 73.0 Å². The quantitative estimate of drug-likeness (QED) is 0.687. The molecule has 0 aliphatic carbocycles. The van der Waals surface area contributed by atoms with Gasteiger partial charge in [-0.05, 0) is 22.8 Å². The zero-order chi connectivity index (χ0) is 22.5. The summed E-state index contributed by atoms with van der Waals surface area (Å²) in [5, 5.41) is 3.15. The molecule has 32 heavy (non-hydrogen) atoms. The molecule has 0 saturated heterocycles. The van der Waals surface area contributed by atoms with Crippen LogP contribution in [0.3, 0.4) is 0 Å². The van der Waals surface area contributed by atoms with Crippen molar-refractivity contribution >= 4 is 35.6 Å². The Kier molecular flexibility index (Phi) is 6.31. The molecule has 0 spiro atoms. The first-order valence-corrected chi connectivity index (χ1v) is 10.6. The molecule has 0 bridgehead atoms. The number of hydrogen-bond acceptors (Lipinski definition) is 4. The fourth-order valence-corrected chi connectivity index (χ4v) is 3.84. The maximum Gasteiger partial charge on any atom is 0.253 e. The van der Waals surface area contributed by atoms with E-state index in [0.717, 1.165) is 22.4 Å². The van der Waals surface area contributed by atoms with E-state index in [9.17, 15) is 14.4 Å². The number of benzene rings is 2. The molecular weight excluding hydrogens is 402 g/mol. The van der Waals surface area contributed by atoms with Gasteiger partial charge in [-0.15, -0.1) is 0 Å². The van der Waals surface area contributed by atoms with Gasteiger partial charge in [-0.1, -0.05) is 61.2 Å². The van der Waals surface area contributed by atoms with E-state index in [1.54, 1.807) is 0 Å². The van der Waals surface area contributed by atoms with Gasteiger partial charge in [-0.2, -0.15) is 0 Å². The van der Waals surface area contributed by atoms with Gasteiger partial charge in [0.15, 0.2) is 0 Å². The standard InChI is InChI=1S/C26H25N3O3/c1-19(15-17-28-24(30)12-13-25(28)31)27-16-14-26(32)29-18-22-8-3-2-6-20(22)10-11-21-7-4-5-9-23(21)29/h2-13,27H,1,14-18H2/b11-10-. The van der Waals surface area contributed by atoms with Gasteiger partial charge in [0.2, 0.25) is 5.91 Å². The number of rotatable bonds is 7. The molecule has 3 amide bonds. The molecule has 2 aliphatic heterocycles. The Morgan fingerprint density at radius 3 is 2.31 bits per heavy atom. The number of nitrogens with zero attached hydrogens (tertiary/aromatic N) is 2. The molecule has 0 atom stereocenters. The van der Waals surface area contributed by atoms with Crippen LogP contribution in [0.2, 0.25) is 0 Å². The lowest BCUT2D eigenvalue weighted by atomic mass is 10.0. The molecule has 2 aliphatic rings. The van der Waals surface area contributed by atoms with Gasteiger partial charge >= 0.3 is 0 Å². The van der Waals surface area contributed by atoms with Crippen molar-refractivity contribution in [1.29, 1.82) is 0 Å². The van der Waals surface area contributed by atoms with Crippen molar-refractivity contribution in [2.24, 2.45) is 0 Å². The van der Waals surface area contributed by atoms with Crippen LogP contribution in [0, 0.1) is 0 Å². The van der Waals surface area contributed by atoms with Crippen molar-refractivity contribution < 1.29 is 14.4 Å². The second kappa shape index (κ2) is 9.47. The minimum Gasteiger partial charge on any atom is -0.388 e. The first-order chi connectivity index (χ1) is 15.5. The number of imide groups is 1. The van der Waals surface area contributed by atoms with Crippen molar-refractivity contribution in [2.75, 3.05) is 18.0 Å². The maximum atomic E-state index is 13.2. The average molecular weight is 428 g/mol. The molecule has 6 nitrogen and oxygen atoms in total. The summed E-state index contributed by atoms with van der Waals surface area (Å²) < 4.78 is 0. The second-order valence-corrected chi connectivity index (χ2v) is 7.76. The molecule has 6 heteroatoms. The molecule has 0 radical (unpaired) electrons. The van der Waals surface area contributed by atoms with Crippen LogP contribution in [-0.2, 0) is 20.9 Å². The Labute approximate surface area is 187 Å². The largest absolute Gasteiger partial charge is 0.388 e. The molecule has 2 aromatic rings. The Morgan fingerprint density at radius 1 is 0.875 bits per heavy atom. The SMILES string of the molecule is C=C(CCN1C(=O)C=CC1=O)NCCC(=O)N1Cc2ccccc2/C=C\c2ccccc21. The van der Waals surface area contributed by atoms with Crippen LogP contribution in [0.1, 0.15) is 29.5 Å². The van der Waals surface area contributed by atoms with E-state index in [4.69, 9.17) is 0 Å². The summed E-state index contributed by atoms with van der Waals surface area (Å²) in [7, 11) is 0. The van der Waals surface area contributed by atoms with Crippen molar-refractivity contribution in [2.45, 2.75) is 19.4 Å². The van der Waals surface area contributed by atoms with Crippen LogP contribution in [0.5, 0.6) is 0 Å². The van der Waals surface area contributed by atoms with Gasteiger partial charge in [-0.3, -0.25) is 19.3 Å². The fraction of sp³-hybridized carbons (Fsp3) is 0.192. The summed E-state index contributed by atoms with van der Waals surface area (Å²) in [6.45, 7) is 5.15. The van der Waals surface area contributed by atoms with E-state index < -0.39 is 0 Å². The molecule has 0 saturated carbocycles. The Morgan fingerprint density at radius 2 is 1.53 bits per heavy atom. The number of carbonyl (C=O) groups excluding carboxylic acids is 3. The van der Waals surface area contributed by atoms with Crippen molar-refractivity contribution in [3.05, 3.63) is 89.6 Å². The van der Waals surface area contributed by atoms with E-state index in [2.05, 4.69) is 24.0 Å². The minimum absolute atomic E-state index is 0.0111. The van der Waals surface area contributed by atoms with E-state index in [-0.39, 0.29) is 24.3 Å². The number of hydrogen-bond donors (Lipinski definition) is 1. The van der Waals surface area contributed by atoms with Gasteiger partial charge in [0, 0.05) is 43.8 Å². The number of anilines is 1. The Bertz CT molecular complexity index is 1110. The predicted molar refractivity (Wildman–Crippen MR) is 125 cm³/mol. The number of para-hydroxylation sites is 1. The minimum atomic E-state index is -0.303. The van der Waals surface area contributed by atoms with E-state index in [0.29, 0.717) is 31.6 Å². The van der Waals surface area contributed by atoms with Crippen LogP contribution in [0.25, 0.3) is 12.2 Å². The molecule has 162 valence electrons. The Balaban J connectivity index is 1.37.